The molecule has 1 fully saturated rings. The van der Waals surface area contributed by atoms with E-state index in [1.807, 2.05) is 6.92 Å². The van der Waals surface area contributed by atoms with E-state index in [0.29, 0.717) is 17.9 Å². The maximum absolute atomic E-state index is 11.6. The number of rotatable bonds is 2. The lowest BCUT2D eigenvalue weighted by atomic mass is 9.49. The summed E-state index contributed by atoms with van der Waals surface area (Å²) in [6.45, 7) is 6.86. The fourth-order valence-electron chi connectivity index (χ4n) is 2.80. The van der Waals surface area contributed by atoms with Gasteiger partial charge in [0.2, 0.25) is 0 Å². The van der Waals surface area contributed by atoms with Gasteiger partial charge in [-0.3, -0.25) is 0 Å². The van der Waals surface area contributed by atoms with Crippen LogP contribution in [0.3, 0.4) is 0 Å². The van der Waals surface area contributed by atoms with Gasteiger partial charge in [-0.1, -0.05) is 19.9 Å². The van der Waals surface area contributed by atoms with Gasteiger partial charge in [0.25, 0.3) is 0 Å². The molecule has 3 rings (SSSR count). The van der Waals surface area contributed by atoms with Crippen molar-refractivity contribution in [2.75, 3.05) is 6.61 Å². The second-order valence-corrected chi connectivity index (χ2v) is 4.92. The molecule has 78 valence electrons. The molecule has 0 aliphatic heterocycles. The summed E-state index contributed by atoms with van der Waals surface area (Å²) < 4.78 is 5.06. The van der Waals surface area contributed by atoms with Crippen molar-refractivity contribution < 1.29 is 9.53 Å². The lowest BCUT2D eigenvalue weighted by Gasteiger charge is -2.55. The standard InChI is InChI=1S/C12H18O2/c1-4-14-11(13)9-6-5-8-7-10(9)12(8,2)3/h6,8,10H,4-5,7H2,1-3H3. The molecule has 2 nitrogen and oxygen atoms in total. The van der Waals surface area contributed by atoms with Crippen LogP contribution in [0.4, 0.5) is 0 Å². The van der Waals surface area contributed by atoms with E-state index in [2.05, 4.69) is 19.9 Å². The molecule has 14 heavy (non-hydrogen) atoms. The van der Waals surface area contributed by atoms with Gasteiger partial charge in [0.05, 0.1) is 6.61 Å². The van der Waals surface area contributed by atoms with E-state index >= 15 is 0 Å². The van der Waals surface area contributed by atoms with Crippen LogP contribution in [-0.2, 0) is 9.53 Å². The molecule has 1 saturated carbocycles. The third-order valence-corrected chi connectivity index (χ3v) is 3.98. The average molecular weight is 194 g/mol. The highest BCUT2D eigenvalue weighted by molar-refractivity contribution is 5.89. The topological polar surface area (TPSA) is 26.3 Å². The van der Waals surface area contributed by atoms with Crippen LogP contribution in [0.5, 0.6) is 0 Å². The van der Waals surface area contributed by atoms with E-state index in [9.17, 15) is 4.79 Å². The lowest BCUT2D eigenvalue weighted by molar-refractivity contribution is -0.142. The summed E-state index contributed by atoms with van der Waals surface area (Å²) in [5.41, 5.74) is 1.25. The molecule has 0 spiro atoms. The number of fused-ring (bicyclic) bond motifs is 1. The normalized spacial score (nSPS) is 32.9. The van der Waals surface area contributed by atoms with Crippen LogP contribution in [0, 0.1) is 17.3 Å². The highest BCUT2D eigenvalue weighted by atomic mass is 16.5. The maximum atomic E-state index is 11.6. The Morgan fingerprint density at radius 3 is 2.86 bits per heavy atom. The van der Waals surface area contributed by atoms with Crippen LogP contribution in [0.1, 0.15) is 33.6 Å². The molecule has 0 amide bonds. The zero-order valence-corrected chi connectivity index (χ0v) is 9.17. The molecule has 0 radical (unpaired) electrons. The second kappa shape index (κ2) is 3.11. The van der Waals surface area contributed by atoms with Crippen LogP contribution in [0.25, 0.3) is 0 Å². The number of hydrogen-bond donors (Lipinski definition) is 0. The van der Waals surface area contributed by atoms with Gasteiger partial charge >= 0.3 is 5.97 Å². The van der Waals surface area contributed by atoms with Gasteiger partial charge in [-0.2, -0.15) is 0 Å². The van der Waals surface area contributed by atoms with Crippen molar-refractivity contribution in [1.29, 1.82) is 0 Å². The molecule has 3 aliphatic carbocycles. The van der Waals surface area contributed by atoms with Crippen molar-refractivity contribution in [2.45, 2.75) is 33.6 Å². The highest BCUT2D eigenvalue weighted by Crippen LogP contribution is 2.59. The van der Waals surface area contributed by atoms with Crippen LogP contribution in [-0.4, -0.2) is 12.6 Å². The molecule has 2 bridgehead atoms. The van der Waals surface area contributed by atoms with Crippen LogP contribution in [0.15, 0.2) is 11.6 Å². The average Bonchev–Trinajstić information content (AvgIpc) is 2.18. The summed E-state index contributed by atoms with van der Waals surface area (Å²) in [4.78, 5) is 11.6. The Kier molecular flexibility index (Phi) is 2.17. The van der Waals surface area contributed by atoms with Crippen LogP contribution < -0.4 is 0 Å². The first-order valence-electron chi connectivity index (χ1n) is 5.44. The summed E-state index contributed by atoms with van der Waals surface area (Å²) in [6, 6.07) is 0. The van der Waals surface area contributed by atoms with Gasteiger partial charge in [0.15, 0.2) is 0 Å². The van der Waals surface area contributed by atoms with Crippen molar-refractivity contribution in [1.82, 2.24) is 0 Å². The zero-order valence-electron chi connectivity index (χ0n) is 9.17. The SMILES string of the molecule is CCOC(=O)C1=CCC2CC1C2(C)C. The lowest BCUT2D eigenvalue weighted by Crippen LogP contribution is -2.49. The number of hydrogen-bond acceptors (Lipinski definition) is 2. The monoisotopic (exact) mass is 194 g/mol. The first kappa shape index (κ1) is 9.75. The molecule has 0 aromatic heterocycles. The molecule has 0 aromatic rings. The summed E-state index contributed by atoms with van der Waals surface area (Å²) >= 11 is 0. The van der Waals surface area contributed by atoms with Crippen molar-refractivity contribution in [2.24, 2.45) is 17.3 Å². The van der Waals surface area contributed by atoms with Crippen molar-refractivity contribution in [3.63, 3.8) is 0 Å². The largest absolute Gasteiger partial charge is 0.463 e. The Labute approximate surface area is 85.3 Å². The minimum Gasteiger partial charge on any atom is -0.463 e. The summed E-state index contributed by atoms with van der Waals surface area (Å²) in [5, 5.41) is 0. The number of allylic oxidation sites excluding steroid dienone is 1. The van der Waals surface area contributed by atoms with E-state index in [0.717, 1.165) is 17.9 Å². The predicted molar refractivity (Wildman–Crippen MR) is 54.7 cm³/mol. The third kappa shape index (κ3) is 1.20. The van der Waals surface area contributed by atoms with E-state index in [4.69, 9.17) is 4.74 Å². The molecular formula is C12H18O2. The molecule has 0 heterocycles. The van der Waals surface area contributed by atoms with Gasteiger partial charge in [-0.05, 0) is 37.0 Å². The molecule has 2 atom stereocenters. The number of carbonyl (C=O) groups is 1. The Balaban J connectivity index is 2.14. The van der Waals surface area contributed by atoms with E-state index < -0.39 is 0 Å². The van der Waals surface area contributed by atoms with Gasteiger partial charge in [0, 0.05) is 5.57 Å². The Hall–Kier alpha value is -0.790. The number of ether oxygens (including phenoxy) is 1. The Morgan fingerprint density at radius 2 is 2.36 bits per heavy atom. The molecule has 3 aliphatic rings. The smallest absolute Gasteiger partial charge is 0.333 e. The van der Waals surface area contributed by atoms with Crippen LogP contribution in [0.2, 0.25) is 0 Å². The maximum Gasteiger partial charge on any atom is 0.333 e. The number of esters is 1. The fourth-order valence-corrected chi connectivity index (χ4v) is 2.80. The summed E-state index contributed by atoms with van der Waals surface area (Å²) in [5.74, 6) is 1.13. The highest BCUT2D eigenvalue weighted by Gasteiger charge is 2.52. The predicted octanol–water partition coefficient (Wildman–Crippen LogP) is 2.54. The second-order valence-electron chi connectivity index (χ2n) is 4.92. The zero-order chi connectivity index (χ0) is 10.3. The summed E-state index contributed by atoms with van der Waals surface area (Å²) in [7, 11) is 0. The van der Waals surface area contributed by atoms with Gasteiger partial charge in [-0.15, -0.1) is 0 Å². The molecule has 0 N–H and O–H groups in total. The molecule has 0 saturated heterocycles. The van der Waals surface area contributed by atoms with E-state index in [1.165, 1.54) is 6.42 Å². The first-order chi connectivity index (χ1) is 6.57. The van der Waals surface area contributed by atoms with Gasteiger partial charge < -0.3 is 4.74 Å². The van der Waals surface area contributed by atoms with Gasteiger partial charge in [-0.25, -0.2) is 4.79 Å². The molecule has 2 unspecified atom stereocenters. The van der Waals surface area contributed by atoms with E-state index in [-0.39, 0.29) is 5.97 Å². The van der Waals surface area contributed by atoms with Crippen LogP contribution >= 0.6 is 0 Å². The van der Waals surface area contributed by atoms with E-state index in [1.54, 1.807) is 0 Å². The van der Waals surface area contributed by atoms with Crippen molar-refractivity contribution in [3.8, 4) is 0 Å². The van der Waals surface area contributed by atoms with Crippen molar-refractivity contribution in [3.05, 3.63) is 11.6 Å². The quantitative estimate of drug-likeness (QED) is 0.631. The molecular weight excluding hydrogens is 176 g/mol. The third-order valence-electron chi connectivity index (χ3n) is 3.98. The Bertz CT molecular complexity index is 289. The minimum absolute atomic E-state index is 0.0938. The van der Waals surface area contributed by atoms with Gasteiger partial charge in [0.1, 0.15) is 0 Å². The summed E-state index contributed by atoms with van der Waals surface area (Å²) in [6.07, 6.45) is 4.32. The molecule has 2 heteroatoms. The number of carbonyl (C=O) groups excluding carboxylic acids is 1. The molecule has 0 aromatic carbocycles. The minimum atomic E-state index is -0.0938. The fraction of sp³-hybridized carbons (Fsp3) is 0.750. The van der Waals surface area contributed by atoms with Crippen molar-refractivity contribution >= 4 is 5.97 Å². The Morgan fingerprint density at radius 1 is 1.64 bits per heavy atom. The first-order valence-corrected chi connectivity index (χ1v) is 5.44.